The number of likely N-dealkylation sites (tertiary alicyclic amines) is 1. The van der Waals surface area contributed by atoms with E-state index in [-0.39, 0.29) is 18.3 Å². The molecule has 142 valence electrons. The van der Waals surface area contributed by atoms with Crippen molar-refractivity contribution in [3.8, 4) is 0 Å². The molecule has 0 spiro atoms. The number of carboxylic acid groups (broad SMARTS) is 1. The van der Waals surface area contributed by atoms with Crippen LogP contribution in [0, 0.1) is 5.92 Å². The molecule has 0 atom stereocenters. The summed E-state index contributed by atoms with van der Waals surface area (Å²) in [4.78, 5) is 14.8. The second kappa shape index (κ2) is 8.96. The molecule has 2 aliphatic heterocycles. The van der Waals surface area contributed by atoms with E-state index in [1.54, 1.807) is 0 Å². The Morgan fingerprint density at radius 2 is 1.74 bits per heavy atom. The Labute approximate surface area is 170 Å². The first-order chi connectivity index (χ1) is 12.7. The zero-order valence-electron chi connectivity index (χ0n) is 15.1. The van der Waals surface area contributed by atoms with Crippen LogP contribution in [0.15, 0.2) is 59.5 Å². The minimum Gasteiger partial charge on any atom is -0.481 e. The molecule has 1 saturated heterocycles. The van der Waals surface area contributed by atoms with E-state index < -0.39 is 5.97 Å². The number of piperidine rings is 1. The van der Waals surface area contributed by atoms with Crippen LogP contribution in [0.2, 0.25) is 0 Å². The average Bonchev–Trinajstić information content (AvgIpc) is 2.84. The Morgan fingerprint density at radius 1 is 1.07 bits per heavy atom. The molecule has 2 aromatic carbocycles. The number of benzene rings is 2. The molecule has 27 heavy (non-hydrogen) atoms. The maximum Gasteiger partial charge on any atom is 0.306 e. The van der Waals surface area contributed by atoms with Gasteiger partial charge in [0.1, 0.15) is 0 Å². The summed E-state index contributed by atoms with van der Waals surface area (Å²) < 4.78 is 0. The highest BCUT2D eigenvalue weighted by Gasteiger charge is 2.24. The van der Waals surface area contributed by atoms with Gasteiger partial charge >= 0.3 is 5.97 Å². The molecule has 1 N–H and O–H groups in total. The Morgan fingerprint density at radius 3 is 2.48 bits per heavy atom. The summed E-state index contributed by atoms with van der Waals surface area (Å²) in [6.07, 6.45) is 3.84. The van der Waals surface area contributed by atoms with E-state index in [2.05, 4.69) is 59.5 Å². The lowest BCUT2D eigenvalue weighted by molar-refractivity contribution is -0.143. The van der Waals surface area contributed by atoms with Crippen LogP contribution in [0.5, 0.6) is 0 Å². The highest BCUT2D eigenvalue weighted by molar-refractivity contribution is 7.98. The molecule has 0 aliphatic carbocycles. The lowest BCUT2D eigenvalue weighted by atomic mass is 9.93. The van der Waals surface area contributed by atoms with Crippen molar-refractivity contribution < 1.29 is 9.90 Å². The third kappa shape index (κ3) is 4.40. The van der Waals surface area contributed by atoms with Crippen LogP contribution in [-0.4, -0.2) is 35.6 Å². The Balaban J connectivity index is 0.00000210. The lowest BCUT2D eigenvalue weighted by Crippen LogP contribution is -2.36. The normalized spacial score (nSPS) is 18.9. The smallest absolute Gasteiger partial charge is 0.306 e. The van der Waals surface area contributed by atoms with Crippen molar-refractivity contribution in [2.45, 2.75) is 23.5 Å². The van der Waals surface area contributed by atoms with Crippen molar-refractivity contribution in [1.29, 1.82) is 0 Å². The molecule has 0 amide bonds. The molecule has 0 aromatic heterocycles. The van der Waals surface area contributed by atoms with Gasteiger partial charge in [0.05, 0.1) is 5.92 Å². The second-order valence-corrected chi connectivity index (χ2v) is 7.99. The molecule has 2 aromatic rings. The minimum atomic E-state index is -0.647. The molecule has 4 rings (SSSR count). The lowest BCUT2D eigenvalue weighted by Gasteiger charge is -2.29. The molecule has 5 heteroatoms. The van der Waals surface area contributed by atoms with Crippen LogP contribution in [0.3, 0.4) is 0 Å². The molecule has 1 fully saturated rings. The number of fused-ring (bicyclic) bond motifs is 2. The van der Waals surface area contributed by atoms with Gasteiger partial charge in [0.25, 0.3) is 0 Å². The van der Waals surface area contributed by atoms with Gasteiger partial charge in [0.2, 0.25) is 0 Å². The summed E-state index contributed by atoms with van der Waals surface area (Å²) in [5.41, 5.74) is 5.32. The van der Waals surface area contributed by atoms with Crippen LogP contribution in [0.1, 0.15) is 29.5 Å². The number of aliphatic carboxylic acids is 1. The van der Waals surface area contributed by atoms with Crippen molar-refractivity contribution in [3.05, 3.63) is 71.3 Å². The summed E-state index contributed by atoms with van der Waals surface area (Å²) in [5, 5.41) is 9.18. The Bertz CT molecular complexity index is 794. The maximum atomic E-state index is 11.1. The standard InChI is InChI=1S/C22H23NO2S.ClH/c24-22(25)16-9-12-23(13-10-16)14-11-19-18-6-2-1-5-17(18)15-26-21-8-4-3-7-20(19)21;/h1-8,11,16H,9-10,12-15H2,(H,24,25);1H. The predicted octanol–water partition coefficient (Wildman–Crippen LogP) is 4.94. The first kappa shape index (κ1) is 20.0. The number of hydrogen-bond donors (Lipinski definition) is 1. The predicted molar refractivity (Wildman–Crippen MR) is 114 cm³/mol. The van der Waals surface area contributed by atoms with Gasteiger partial charge in [-0.05, 0) is 54.3 Å². The summed E-state index contributed by atoms with van der Waals surface area (Å²) >= 11 is 1.90. The topological polar surface area (TPSA) is 40.5 Å². The van der Waals surface area contributed by atoms with E-state index in [0.29, 0.717) is 0 Å². The zero-order valence-corrected chi connectivity index (χ0v) is 16.8. The van der Waals surface area contributed by atoms with Crippen molar-refractivity contribution in [2.75, 3.05) is 19.6 Å². The molecule has 3 nitrogen and oxygen atoms in total. The maximum absolute atomic E-state index is 11.1. The van der Waals surface area contributed by atoms with E-state index in [9.17, 15) is 9.90 Å². The van der Waals surface area contributed by atoms with Gasteiger partial charge in [-0.25, -0.2) is 0 Å². The van der Waals surface area contributed by atoms with Crippen LogP contribution >= 0.6 is 24.2 Å². The van der Waals surface area contributed by atoms with Crippen LogP contribution in [0.4, 0.5) is 0 Å². The van der Waals surface area contributed by atoms with Crippen LogP contribution < -0.4 is 0 Å². The number of rotatable bonds is 3. The second-order valence-electron chi connectivity index (χ2n) is 6.97. The van der Waals surface area contributed by atoms with Crippen molar-refractivity contribution in [3.63, 3.8) is 0 Å². The third-order valence-corrected chi connectivity index (χ3v) is 6.48. The van der Waals surface area contributed by atoms with Gasteiger partial charge in [0.15, 0.2) is 0 Å². The molecule has 0 saturated carbocycles. The average molecular weight is 402 g/mol. The SMILES string of the molecule is Cl.O=C(O)C1CCN(CC=C2c3ccccc3CSc3ccccc32)CC1. The van der Waals surface area contributed by atoms with Crippen molar-refractivity contribution >= 4 is 35.7 Å². The molecule has 2 heterocycles. The number of thioether (sulfide) groups is 1. The zero-order chi connectivity index (χ0) is 17.9. The van der Waals surface area contributed by atoms with Crippen molar-refractivity contribution in [2.24, 2.45) is 5.92 Å². The van der Waals surface area contributed by atoms with E-state index in [0.717, 1.165) is 38.2 Å². The van der Waals surface area contributed by atoms with Crippen LogP contribution in [-0.2, 0) is 10.5 Å². The van der Waals surface area contributed by atoms with E-state index >= 15 is 0 Å². The number of halogens is 1. The third-order valence-electron chi connectivity index (χ3n) is 5.36. The van der Waals surface area contributed by atoms with E-state index in [1.165, 1.54) is 27.2 Å². The first-order valence-corrected chi connectivity index (χ1v) is 10.2. The molecule has 2 aliphatic rings. The van der Waals surface area contributed by atoms with Gasteiger partial charge in [-0.3, -0.25) is 9.69 Å². The molecule has 0 bridgehead atoms. The summed E-state index contributed by atoms with van der Waals surface area (Å²) in [6.45, 7) is 2.59. The minimum absolute atomic E-state index is 0. The number of carboxylic acids is 1. The van der Waals surface area contributed by atoms with Crippen LogP contribution in [0.25, 0.3) is 5.57 Å². The van der Waals surface area contributed by atoms with Gasteiger partial charge in [-0.1, -0.05) is 48.5 Å². The summed E-state index contributed by atoms with van der Waals surface area (Å²) in [7, 11) is 0. The fraction of sp³-hybridized carbons (Fsp3) is 0.318. The first-order valence-electron chi connectivity index (χ1n) is 9.18. The monoisotopic (exact) mass is 401 g/mol. The molecule has 0 radical (unpaired) electrons. The van der Waals surface area contributed by atoms with E-state index in [4.69, 9.17) is 0 Å². The summed E-state index contributed by atoms with van der Waals surface area (Å²) in [6, 6.07) is 17.3. The highest BCUT2D eigenvalue weighted by atomic mass is 35.5. The fourth-order valence-electron chi connectivity index (χ4n) is 3.83. The number of nitrogens with zero attached hydrogens (tertiary/aromatic N) is 1. The largest absolute Gasteiger partial charge is 0.481 e. The number of hydrogen-bond acceptors (Lipinski definition) is 3. The van der Waals surface area contributed by atoms with Gasteiger partial charge in [-0.2, -0.15) is 0 Å². The molecule has 0 unspecified atom stereocenters. The fourth-order valence-corrected chi connectivity index (χ4v) is 4.90. The van der Waals surface area contributed by atoms with Gasteiger partial charge < -0.3 is 5.11 Å². The molecular weight excluding hydrogens is 378 g/mol. The molecular formula is C22H24ClNO2S. The highest BCUT2D eigenvalue weighted by Crippen LogP contribution is 2.39. The van der Waals surface area contributed by atoms with Crippen molar-refractivity contribution in [1.82, 2.24) is 4.90 Å². The van der Waals surface area contributed by atoms with E-state index in [1.807, 2.05) is 11.8 Å². The quantitative estimate of drug-likeness (QED) is 0.790. The Kier molecular flexibility index (Phi) is 6.64. The van der Waals surface area contributed by atoms with Gasteiger partial charge in [0, 0.05) is 17.2 Å². The number of carbonyl (C=O) groups is 1. The van der Waals surface area contributed by atoms with Gasteiger partial charge in [-0.15, -0.1) is 24.2 Å². The summed E-state index contributed by atoms with van der Waals surface area (Å²) in [5.74, 6) is 0.176. The Hall–Kier alpha value is -1.75.